The molecule has 0 N–H and O–H groups in total. The third-order valence-electron chi connectivity index (χ3n) is 0. The van der Waals surface area contributed by atoms with Gasteiger partial charge in [0.05, 0.1) is 0 Å². The summed E-state index contributed by atoms with van der Waals surface area (Å²) in [5.74, 6) is 0. The van der Waals surface area contributed by atoms with Crippen LogP contribution in [0.15, 0.2) is 0 Å². The fourth-order valence-electron chi connectivity index (χ4n) is 0. The summed E-state index contributed by atoms with van der Waals surface area (Å²) in [5.41, 5.74) is 0. The van der Waals surface area contributed by atoms with E-state index in [2.05, 4.69) is 0 Å². The van der Waals surface area contributed by atoms with Crippen LogP contribution in [-0.4, -0.2) is 0 Å². The first-order valence-corrected chi connectivity index (χ1v) is 2.75. The maximum absolute atomic E-state index is 8.59. The van der Waals surface area contributed by atoms with Gasteiger partial charge in [-0.2, -0.15) is 0 Å². The van der Waals surface area contributed by atoms with Crippen molar-refractivity contribution in [3.63, 3.8) is 0 Å². The molecule has 0 radical (unpaired) electrons. The van der Waals surface area contributed by atoms with Gasteiger partial charge in [0, 0.05) is 0 Å². The van der Waals surface area contributed by atoms with E-state index in [-0.39, 0.29) is 17.4 Å². The zero-order chi connectivity index (χ0) is 4.50. The molecule has 36 valence electrons. The van der Waals surface area contributed by atoms with E-state index in [1.807, 2.05) is 0 Å². The van der Waals surface area contributed by atoms with Gasteiger partial charge in [0.2, 0.25) is 0 Å². The number of hydrogen-bond acceptors (Lipinski definition) is 4. The van der Waals surface area contributed by atoms with Crippen LogP contribution in [0.1, 0.15) is 0 Å². The third kappa shape index (κ3) is 172. The Morgan fingerprint density at radius 2 is 1.17 bits per heavy atom. The van der Waals surface area contributed by atoms with Crippen molar-refractivity contribution in [3.8, 4) is 0 Å². The molecule has 0 rings (SSSR count). The van der Waals surface area contributed by atoms with E-state index in [1.165, 1.54) is 0 Å². The molecule has 0 unspecified atom stereocenters. The number of rotatable bonds is 0. The molecule has 0 saturated carbocycles. The van der Waals surface area contributed by atoms with Crippen molar-refractivity contribution in [1.29, 1.82) is 0 Å². The first-order valence-electron chi connectivity index (χ1n) is 0.667. The predicted octanol–water partition coefficient (Wildman–Crippen LogP) is -2.62. The molecule has 0 aromatic rings. The van der Waals surface area contributed by atoms with Gasteiger partial charge in [0.25, 0.3) is 0 Å². The van der Waals surface area contributed by atoms with Crippen molar-refractivity contribution >= 4 is 0 Å². The van der Waals surface area contributed by atoms with Gasteiger partial charge in [-0.3, -0.25) is 0 Å². The van der Waals surface area contributed by atoms with Crippen LogP contribution in [0.3, 0.4) is 0 Å². The molecular weight excluding hydrogens is 168 g/mol. The van der Waals surface area contributed by atoms with E-state index in [0.717, 1.165) is 0 Å². The van der Waals surface area contributed by atoms with Crippen LogP contribution in [0.25, 0.3) is 0 Å². The van der Waals surface area contributed by atoms with Gasteiger partial charge < -0.3 is 0 Å². The molecule has 0 aromatic heterocycles. The van der Waals surface area contributed by atoms with Crippen molar-refractivity contribution in [1.82, 2.24) is 0 Å². The monoisotopic (exact) mass is 168 g/mol. The Bertz CT molecular complexity index is 88.7. The van der Waals surface area contributed by atoms with Gasteiger partial charge in [-0.15, -0.1) is 0 Å². The van der Waals surface area contributed by atoms with Gasteiger partial charge in [0.1, 0.15) is 0 Å². The van der Waals surface area contributed by atoms with Gasteiger partial charge in [-0.1, -0.05) is 0 Å². The van der Waals surface area contributed by atoms with Crippen LogP contribution in [0.4, 0.5) is 0 Å². The minimum absolute atomic E-state index is 0. The normalized spacial score (nSPS) is 9.67. The second-order valence-electron chi connectivity index (χ2n) is 0.408. The average Bonchev–Trinajstić information content (AvgIpc) is 0.722. The Morgan fingerprint density at radius 3 is 1.17 bits per heavy atom. The molecule has 0 heterocycles. The van der Waals surface area contributed by atoms with Crippen molar-refractivity contribution < 1.29 is 46.9 Å². The van der Waals surface area contributed by atoms with Gasteiger partial charge in [-0.05, 0) is 0 Å². The van der Waals surface area contributed by atoms with Gasteiger partial charge >= 0.3 is 46.9 Å². The molecule has 0 spiro atoms. The fourth-order valence-corrected chi connectivity index (χ4v) is 0. The molecule has 0 aliphatic rings. The summed E-state index contributed by atoms with van der Waals surface area (Å²) in [6.07, 6.45) is 0. The average molecular weight is 168 g/mol. The molecule has 0 atom stereocenters. The summed E-state index contributed by atoms with van der Waals surface area (Å²) in [6.45, 7) is 0. The second-order valence-corrected chi connectivity index (χ2v) is 1.68. The second kappa shape index (κ2) is 2.71. The molecule has 6 heavy (non-hydrogen) atoms. The predicted molar refractivity (Wildman–Crippen MR) is 1.37 cm³/mol. The Balaban J connectivity index is 0. The topological polar surface area (TPSA) is 80.3 Å². The van der Waals surface area contributed by atoms with E-state index in [1.54, 1.807) is 0 Å². The molecule has 0 aliphatic heterocycles. The van der Waals surface area contributed by atoms with Crippen LogP contribution >= 0.6 is 0 Å². The van der Waals surface area contributed by atoms with Gasteiger partial charge in [0.15, 0.2) is 0 Å². The fraction of sp³-hybridized carbons (Fsp3) is 0. The molecule has 6 heteroatoms. The SMILES string of the molecule is [Cr+2].[O]=[Cr](=[O])([O-])[O-]. The van der Waals surface area contributed by atoms with E-state index >= 15 is 0 Å². The molecule has 0 bridgehead atoms. The third-order valence-corrected chi connectivity index (χ3v) is 0. The van der Waals surface area contributed by atoms with E-state index in [0.29, 0.717) is 0 Å². The first kappa shape index (κ1) is 9.77. The van der Waals surface area contributed by atoms with Crippen molar-refractivity contribution in [3.05, 3.63) is 0 Å². The summed E-state index contributed by atoms with van der Waals surface area (Å²) in [5, 5.41) is 0. The summed E-state index contributed by atoms with van der Waals surface area (Å²) >= 11 is -5.75. The molecule has 0 saturated heterocycles. The Labute approximate surface area is 47.3 Å². The van der Waals surface area contributed by atoms with Crippen LogP contribution in [0, 0.1) is 0 Å². The van der Waals surface area contributed by atoms with Crippen LogP contribution in [-0.2, 0) is 38.6 Å². The van der Waals surface area contributed by atoms with Crippen molar-refractivity contribution in [2.75, 3.05) is 0 Å². The molecule has 4 nitrogen and oxygen atoms in total. The van der Waals surface area contributed by atoms with Gasteiger partial charge in [-0.25, -0.2) is 0 Å². The first-order chi connectivity index (χ1) is 2.00. The molecule has 0 amide bonds. The Morgan fingerprint density at radius 1 is 1.17 bits per heavy atom. The molecule has 0 aromatic carbocycles. The summed E-state index contributed by atoms with van der Waals surface area (Å²) < 4.78 is 34.4. The molecule has 0 fully saturated rings. The zero-order valence-corrected chi connectivity index (χ0v) is 5.00. The summed E-state index contributed by atoms with van der Waals surface area (Å²) in [4.78, 5) is 0. The minimum atomic E-state index is -5.75. The standard InChI is InChI=1S/2Cr.4O/q;+2;;;2*-1. The van der Waals surface area contributed by atoms with Crippen molar-refractivity contribution in [2.24, 2.45) is 0 Å². The van der Waals surface area contributed by atoms with Crippen molar-refractivity contribution in [2.45, 2.75) is 0 Å². The summed E-state index contributed by atoms with van der Waals surface area (Å²) in [7, 11) is 0. The Hall–Kier alpha value is 0.585. The van der Waals surface area contributed by atoms with Crippen LogP contribution < -0.4 is 8.32 Å². The van der Waals surface area contributed by atoms with Crippen LogP contribution in [0.2, 0.25) is 0 Å². The summed E-state index contributed by atoms with van der Waals surface area (Å²) in [6, 6.07) is 0. The van der Waals surface area contributed by atoms with E-state index in [4.69, 9.17) is 15.9 Å². The van der Waals surface area contributed by atoms with E-state index < -0.39 is 13.6 Å². The molecule has 0 aliphatic carbocycles. The van der Waals surface area contributed by atoms with Crippen LogP contribution in [0.5, 0.6) is 0 Å². The zero-order valence-electron chi connectivity index (χ0n) is 2.45. The van der Waals surface area contributed by atoms with E-state index in [9.17, 15) is 0 Å². The maximum atomic E-state index is 8.59. The molecular formula is Cr2O4. The Kier molecular flexibility index (Phi) is 4.41. The quantitative estimate of drug-likeness (QED) is 0.396. The number of hydrogen-bond donors (Lipinski definition) is 0.